The summed E-state index contributed by atoms with van der Waals surface area (Å²) in [4.78, 5) is 27.7. The second-order valence-electron chi connectivity index (χ2n) is 9.42. The van der Waals surface area contributed by atoms with Crippen molar-refractivity contribution >= 4 is 11.9 Å². The van der Waals surface area contributed by atoms with Gasteiger partial charge in [-0.25, -0.2) is 13.6 Å². The highest BCUT2D eigenvalue weighted by Crippen LogP contribution is 2.31. The van der Waals surface area contributed by atoms with Gasteiger partial charge in [-0.1, -0.05) is 20.8 Å². The number of aliphatic hydroxyl groups is 1. The Morgan fingerprint density at radius 1 is 1.21 bits per heavy atom. The minimum atomic E-state index is -0.977. The number of hydrogen-bond donors (Lipinski definition) is 3. The highest BCUT2D eigenvalue weighted by molar-refractivity contribution is 5.82. The fourth-order valence-corrected chi connectivity index (χ4v) is 3.95. The minimum absolute atomic E-state index is 0.0740. The van der Waals surface area contributed by atoms with Gasteiger partial charge in [-0.05, 0) is 37.1 Å². The van der Waals surface area contributed by atoms with Crippen LogP contribution in [0.2, 0.25) is 0 Å². The number of rotatable bonds is 6. The van der Waals surface area contributed by atoms with Gasteiger partial charge in [-0.2, -0.15) is 9.78 Å². The van der Waals surface area contributed by atoms with Gasteiger partial charge in [0.15, 0.2) is 11.6 Å². The van der Waals surface area contributed by atoms with Crippen LogP contribution < -0.4 is 10.6 Å². The molecule has 1 unspecified atom stereocenters. The smallest absolute Gasteiger partial charge is 0.342 e. The summed E-state index contributed by atoms with van der Waals surface area (Å²) in [5, 5.41) is 18.9. The van der Waals surface area contributed by atoms with E-state index < -0.39 is 29.0 Å². The van der Waals surface area contributed by atoms with E-state index in [4.69, 9.17) is 5.11 Å². The van der Waals surface area contributed by atoms with Gasteiger partial charge in [0.2, 0.25) is 5.91 Å². The van der Waals surface area contributed by atoms with E-state index in [1.54, 1.807) is 0 Å². The van der Waals surface area contributed by atoms with Crippen molar-refractivity contribution in [2.24, 2.45) is 11.3 Å². The van der Waals surface area contributed by atoms with Crippen molar-refractivity contribution in [1.29, 1.82) is 0 Å². The number of fused-ring (bicyclic) bond motifs is 1. The van der Waals surface area contributed by atoms with Crippen LogP contribution in [0.5, 0.6) is 0 Å². The third-order valence-corrected chi connectivity index (χ3v) is 5.87. The van der Waals surface area contributed by atoms with E-state index in [9.17, 15) is 18.4 Å². The summed E-state index contributed by atoms with van der Waals surface area (Å²) in [5.74, 6) is -2.72. The topological polar surface area (TPSA) is 99.5 Å². The number of nitrogens with one attached hydrogen (secondary N) is 2. The van der Waals surface area contributed by atoms with Crippen molar-refractivity contribution in [2.75, 3.05) is 33.3 Å². The molecule has 0 bridgehead atoms. The zero-order chi connectivity index (χ0) is 24.3. The summed E-state index contributed by atoms with van der Waals surface area (Å²) in [6, 6.07) is 3.08. The molecule has 33 heavy (non-hydrogen) atoms. The normalized spacial score (nSPS) is 15.1. The molecule has 0 saturated heterocycles. The molecule has 3 N–H and O–H groups in total. The summed E-state index contributed by atoms with van der Waals surface area (Å²) in [6.07, 6.45) is 0.613. The Balaban J connectivity index is 1.88. The maximum absolute atomic E-state index is 13.9. The van der Waals surface area contributed by atoms with Gasteiger partial charge in [-0.3, -0.25) is 4.79 Å². The van der Waals surface area contributed by atoms with Crippen LogP contribution >= 0.6 is 0 Å². The third-order valence-electron chi connectivity index (χ3n) is 5.87. The predicted octanol–water partition coefficient (Wildman–Crippen LogP) is 2.14. The van der Waals surface area contributed by atoms with Crippen molar-refractivity contribution < 1.29 is 23.5 Å². The zero-order valence-corrected chi connectivity index (χ0v) is 19.4. The molecule has 1 aliphatic heterocycles. The first-order valence-electron chi connectivity index (χ1n) is 10.9. The van der Waals surface area contributed by atoms with Crippen molar-refractivity contribution in [2.45, 2.75) is 33.7 Å². The van der Waals surface area contributed by atoms with Gasteiger partial charge >= 0.3 is 6.03 Å². The van der Waals surface area contributed by atoms with Gasteiger partial charge in [-0.15, -0.1) is 0 Å². The molecule has 0 spiro atoms. The van der Waals surface area contributed by atoms with E-state index in [1.807, 2.05) is 32.7 Å². The van der Waals surface area contributed by atoms with Gasteiger partial charge in [0.05, 0.1) is 23.9 Å². The van der Waals surface area contributed by atoms with Crippen molar-refractivity contribution in [3.8, 4) is 11.3 Å². The first-order valence-corrected chi connectivity index (χ1v) is 10.9. The van der Waals surface area contributed by atoms with Crippen LogP contribution in [0.4, 0.5) is 13.6 Å². The lowest BCUT2D eigenvalue weighted by Gasteiger charge is -2.30. The number of nitrogens with zero attached hydrogens (tertiary/aromatic N) is 3. The standard InChI is InChI=1S/C23H31F2N5O3/c1-23(2,3)16(21(32)26-8-10-31)12-27-22(33)30-19-13-29(4)9-7-15(19)20(28-30)14-5-6-17(24)18(25)11-14/h5-6,11,16,31H,7-10,12-13H2,1-4H3,(H,26,32)(H,27,33). The molecule has 2 aromatic rings. The van der Waals surface area contributed by atoms with Crippen LogP contribution in [-0.2, 0) is 17.8 Å². The Labute approximate surface area is 192 Å². The minimum Gasteiger partial charge on any atom is -0.395 e. The van der Waals surface area contributed by atoms with E-state index in [0.29, 0.717) is 29.9 Å². The lowest BCUT2D eigenvalue weighted by atomic mass is 9.80. The number of halogens is 2. The van der Waals surface area contributed by atoms with Crippen LogP contribution in [0.25, 0.3) is 11.3 Å². The van der Waals surface area contributed by atoms with Crippen LogP contribution in [0.3, 0.4) is 0 Å². The predicted molar refractivity (Wildman–Crippen MR) is 119 cm³/mol. The lowest BCUT2D eigenvalue weighted by Crippen LogP contribution is -2.46. The van der Waals surface area contributed by atoms with Crippen LogP contribution in [-0.4, -0.2) is 65.0 Å². The fraction of sp³-hybridized carbons (Fsp3) is 0.522. The second-order valence-corrected chi connectivity index (χ2v) is 9.42. The molecular weight excluding hydrogens is 432 g/mol. The third kappa shape index (κ3) is 5.56. The first kappa shape index (κ1) is 24.8. The summed E-state index contributed by atoms with van der Waals surface area (Å²) < 4.78 is 28.6. The van der Waals surface area contributed by atoms with E-state index in [-0.39, 0.29) is 25.6 Å². The second kappa shape index (κ2) is 9.96. The summed E-state index contributed by atoms with van der Waals surface area (Å²) in [5.41, 5.74) is 1.91. The van der Waals surface area contributed by atoms with E-state index in [0.717, 1.165) is 24.2 Å². The monoisotopic (exact) mass is 463 g/mol. The van der Waals surface area contributed by atoms with E-state index in [2.05, 4.69) is 15.7 Å². The van der Waals surface area contributed by atoms with Crippen LogP contribution in [0, 0.1) is 23.0 Å². The van der Waals surface area contributed by atoms with Crippen molar-refractivity contribution in [1.82, 2.24) is 25.3 Å². The quantitative estimate of drug-likeness (QED) is 0.610. The molecule has 2 heterocycles. The van der Waals surface area contributed by atoms with Crippen LogP contribution in [0.1, 0.15) is 32.0 Å². The summed E-state index contributed by atoms with van der Waals surface area (Å²) in [6.45, 7) is 6.94. The Morgan fingerprint density at radius 3 is 2.58 bits per heavy atom. The maximum Gasteiger partial charge on any atom is 0.342 e. The molecule has 8 nitrogen and oxygen atoms in total. The average molecular weight is 464 g/mol. The Morgan fingerprint density at radius 2 is 1.94 bits per heavy atom. The largest absolute Gasteiger partial charge is 0.395 e. The van der Waals surface area contributed by atoms with Gasteiger partial charge in [0, 0.05) is 37.3 Å². The van der Waals surface area contributed by atoms with Crippen molar-refractivity contribution in [3.63, 3.8) is 0 Å². The molecule has 0 saturated carbocycles. The molecule has 1 atom stereocenters. The molecular formula is C23H31F2N5O3. The number of aliphatic hydroxyl groups excluding tert-OH is 1. The maximum atomic E-state index is 13.9. The number of carbonyl (C=O) groups is 2. The Bertz CT molecular complexity index is 1030. The van der Waals surface area contributed by atoms with Gasteiger partial charge in [0.25, 0.3) is 0 Å². The Kier molecular flexibility index (Phi) is 7.48. The van der Waals surface area contributed by atoms with E-state index in [1.165, 1.54) is 10.7 Å². The molecule has 1 aromatic heterocycles. The number of benzene rings is 1. The zero-order valence-electron chi connectivity index (χ0n) is 19.4. The summed E-state index contributed by atoms with van der Waals surface area (Å²) >= 11 is 0. The molecule has 3 rings (SSSR count). The summed E-state index contributed by atoms with van der Waals surface area (Å²) in [7, 11) is 1.93. The van der Waals surface area contributed by atoms with E-state index >= 15 is 0 Å². The molecule has 180 valence electrons. The molecule has 0 aliphatic carbocycles. The first-order chi connectivity index (χ1) is 15.5. The SMILES string of the molecule is CN1CCc2c(-c3ccc(F)c(F)c3)nn(C(=O)NCC(C(=O)NCCO)C(C)(C)C)c2C1. The van der Waals surface area contributed by atoms with Crippen molar-refractivity contribution in [3.05, 3.63) is 41.1 Å². The van der Waals surface area contributed by atoms with Crippen LogP contribution in [0.15, 0.2) is 18.2 Å². The molecule has 1 aromatic carbocycles. The Hall–Kier alpha value is -2.85. The molecule has 0 radical (unpaired) electrons. The number of carbonyl (C=O) groups excluding carboxylic acids is 2. The lowest BCUT2D eigenvalue weighted by molar-refractivity contribution is -0.128. The number of amides is 2. The highest BCUT2D eigenvalue weighted by atomic mass is 19.2. The fourth-order valence-electron chi connectivity index (χ4n) is 3.95. The molecule has 1 aliphatic rings. The number of aromatic nitrogens is 2. The molecule has 0 fully saturated rings. The van der Waals surface area contributed by atoms with Gasteiger partial charge < -0.3 is 20.6 Å². The number of hydrogen-bond acceptors (Lipinski definition) is 5. The molecule has 2 amide bonds. The highest BCUT2D eigenvalue weighted by Gasteiger charge is 2.33. The van der Waals surface area contributed by atoms with Gasteiger partial charge in [0.1, 0.15) is 0 Å². The average Bonchev–Trinajstić information content (AvgIpc) is 3.12. The molecule has 10 heteroatoms. The number of likely N-dealkylation sites (N-methyl/N-ethyl adjacent to an activating group) is 1.